The average molecular weight is 242 g/mol. The number of aromatic nitrogens is 1. The van der Waals surface area contributed by atoms with E-state index < -0.39 is 6.10 Å². The van der Waals surface area contributed by atoms with Crippen molar-refractivity contribution in [1.82, 2.24) is 10.1 Å². The molecule has 0 aliphatic carbocycles. The van der Waals surface area contributed by atoms with E-state index in [1.165, 1.54) is 0 Å². The Morgan fingerprint density at radius 2 is 2.24 bits per heavy atom. The van der Waals surface area contributed by atoms with Crippen molar-refractivity contribution in [3.05, 3.63) is 17.5 Å². The zero-order valence-electron chi connectivity index (χ0n) is 11.0. The van der Waals surface area contributed by atoms with Crippen LogP contribution in [-0.4, -0.2) is 47.6 Å². The Bertz CT molecular complexity index is 325. The third-order valence-corrected chi connectivity index (χ3v) is 2.25. The van der Waals surface area contributed by atoms with E-state index in [1.807, 2.05) is 38.8 Å². The molecule has 0 spiro atoms. The largest absolute Gasteiger partial charge is 0.389 e. The quantitative estimate of drug-likeness (QED) is 0.778. The van der Waals surface area contributed by atoms with Gasteiger partial charge >= 0.3 is 0 Å². The van der Waals surface area contributed by atoms with Gasteiger partial charge in [0.05, 0.1) is 24.5 Å². The lowest BCUT2D eigenvalue weighted by atomic mass is 10.3. The van der Waals surface area contributed by atoms with Gasteiger partial charge < -0.3 is 14.4 Å². The van der Waals surface area contributed by atoms with Crippen molar-refractivity contribution in [3.63, 3.8) is 0 Å². The number of aryl methyl sites for hydroxylation is 1. The predicted octanol–water partition coefficient (Wildman–Crippen LogP) is 1.20. The van der Waals surface area contributed by atoms with Crippen molar-refractivity contribution in [3.8, 4) is 0 Å². The van der Waals surface area contributed by atoms with Crippen molar-refractivity contribution < 1.29 is 14.4 Å². The molecule has 0 saturated carbocycles. The lowest BCUT2D eigenvalue weighted by molar-refractivity contribution is -0.00652. The van der Waals surface area contributed by atoms with Crippen LogP contribution in [0.2, 0.25) is 0 Å². The van der Waals surface area contributed by atoms with Gasteiger partial charge in [-0.15, -0.1) is 0 Å². The van der Waals surface area contributed by atoms with Crippen LogP contribution in [0, 0.1) is 6.92 Å². The number of nitrogens with zero attached hydrogens (tertiary/aromatic N) is 2. The van der Waals surface area contributed by atoms with Crippen LogP contribution in [0.1, 0.15) is 25.3 Å². The second-order valence-corrected chi connectivity index (χ2v) is 4.66. The summed E-state index contributed by atoms with van der Waals surface area (Å²) in [7, 11) is 1.93. The topological polar surface area (TPSA) is 58.7 Å². The Kier molecular flexibility index (Phi) is 5.61. The van der Waals surface area contributed by atoms with Gasteiger partial charge in [0.1, 0.15) is 5.76 Å². The molecule has 1 rings (SSSR count). The monoisotopic (exact) mass is 242 g/mol. The fourth-order valence-electron chi connectivity index (χ4n) is 1.55. The molecule has 0 bridgehead atoms. The third-order valence-electron chi connectivity index (χ3n) is 2.25. The second kappa shape index (κ2) is 6.74. The van der Waals surface area contributed by atoms with Crippen LogP contribution < -0.4 is 0 Å². The molecule has 0 amide bonds. The minimum absolute atomic E-state index is 0.146. The van der Waals surface area contributed by atoms with E-state index in [9.17, 15) is 5.11 Å². The highest BCUT2D eigenvalue weighted by molar-refractivity contribution is 5.03. The van der Waals surface area contributed by atoms with E-state index in [4.69, 9.17) is 9.26 Å². The molecule has 98 valence electrons. The van der Waals surface area contributed by atoms with Crippen LogP contribution in [0.3, 0.4) is 0 Å². The highest BCUT2D eigenvalue weighted by Gasteiger charge is 2.11. The fraction of sp³-hybridized carbons (Fsp3) is 0.750. The smallest absolute Gasteiger partial charge is 0.133 e. The van der Waals surface area contributed by atoms with E-state index in [0.717, 1.165) is 11.5 Å². The zero-order valence-corrected chi connectivity index (χ0v) is 11.0. The first kappa shape index (κ1) is 14.2. The second-order valence-electron chi connectivity index (χ2n) is 4.66. The SMILES string of the molecule is Cc1cc(CN(C)C[C@H](O)COC(C)C)no1. The first-order valence-corrected chi connectivity index (χ1v) is 5.87. The van der Waals surface area contributed by atoms with Crippen LogP contribution in [0.5, 0.6) is 0 Å². The Morgan fingerprint density at radius 1 is 1.53 bits per heavy atom. The Labute approximate surface area is 102 Å². The van der Waals surface area contributed by atoms with Gasteiger partial charge in [0.15, 0.2) is 0 Å². The van der Waals surface area contributed by atoms with Crippen molar-refractivity contribution in [1.29, 1.82) is 0 Å². The van der Waals surface area contributed by atoms with Crippen molar-refractivity contribution in [2.45, 2.75) is 39.5 Å². The molecule has 1 aromatic rings. The van der Waals surface area contributed by atoms with Crippen LogP contribution in [0.25, 0.3) is 0 Å². The van der Waals surface area contributed by atoms with Crippen LogP contribution in [0.4, 0.5) is 0 Å². The summed E-state index contributed by atoms with van der Waals surface area (Å²) >= 11 is 0. The number of aliphatic hydroxyl groups is 1. The molecule has 1 atom stereocenters. The summed E-state index contributed by atoms with van der Waals surface area (Å²) in [5.41, 5.74) is 0.877. The number of rotatable bonds is 7. The molecule has 1 heterocycles. The number of ether oxygens (including phenoxy) is 1. The zero-order chi connectivity index (χ0) is 12.8. The summed E-state index contributed by atoms with van der Waals surface area (Å²) in [5, 5.41) is 13.6. The normalized spacial score (nSPS) is 13.6. The molecule has 1 aromatic heterocycles. The third kappa shape index (κ3) is 5.81. The lowest BCUT2D eigenvalue weighted by Crippen LogP contribution is -2.32. The van der Waals surface area contributed by atoms with Crippen LogP contribution in [0.15, 0.2) is 10.6 Å². The summed E-state index contributed by atoms with van der Waals surface area (Å²) < 4.78 is 10.3. The van der Waals surface area contributed by atoms with Gasteiger partial charge in [-0.25, -0.2) is 0 Å². The van der Waals surface area contributed by atoms with Gasteiger partial charge in [-0.2, -0.15) is 0 Å². The summed E-state index contributed by atoms with van der Waals surface area (Å²) in [6, 6.07) is 1.90. The number of hydrogen-bond acceptors (Lipinski definition) is 5. The first-order valence-electron chi connectivity index (χ1n) is 5.87. The molecular weight excluding hydrogens is 220 g/mol. The van der Waals surface area contributed by atoms with Crippen molar-refractivity contribution >= 4 is 0 Å². The molecule has 0 aliphatic heterocycles. The van der Waals surface area contributed by atoms with Gasteiger partial charge in [-0.1, -0.05) is 5.16 Å². The van der Waals surface area contributed by atoms with Gasteiger partial charge in [-0.05, 0) is 27.8 Å². The van der Waals surface area contributed by atoms with E-state index in [0.29, 0.717) is 19.7 Å². The van der Waals surface area contributed by atoms with Crippen LogP contribution in [-0.2, 0) is 11.3 Å². The summed E-state index contributed by atoms with van der Waals surface area (Å²) in [6.45, 7) is 7.35. The minimum Gasteiger partial charge on any atom is -0.389 e. The molecule has 1 N–H and O–H groups in total. The first-order chi connectivity index (χ1) is 7.97. The number of hydrogen-bond donors (Lipinski definition) is 1. The molecule has 0 unspecified atom stereocenters. The summed E-state index contributed by atoms with van der Waals surface area (Å²) in [5.74, 6) is 0.803. The Morgan fingerprint density at radius 3 is 2.76 bits per heavy atom. The molecule has 5 nitrogen and oxygen atoms in total. The van der Waals surface area contributed by atoms with Gasteiger partial charge in [0.25, 0.3) is 0 Å². The van der Waals surface area contributed by atoms with Gasteiger partial charge in [0, 0.05) is 19.2 Å². The Balaban J connectivity index is 2.26. The van der Waals surface area contributed by atoms with E-state index >= 15 is 0 Å². The molecule has 0 saturated heterocycles. The molecule has 17 heavy (non-hydrogen) atoms. The maximum atomic E-state index is 9.74. The molecular formula is C12H22N2O3. The van der Waals surface area contributed by atoms with Crippen molar-refractivity contribution in [2.75, 3.05) is 20.2 Å². The van der Waals surface area contributed by atoms with Crippen molar-refractivity contribution in [2.24, 2.45) is 0 Å². The molecule has 0 fully saturated rings. The van der Waals surface area contributed by atoms with E-state index in [-0.39, 0.29) is 6.10 Å². The fourth-order valence-corrected chi connectivity index (χ4v) is 1.55. The maximum Gasteiger partial charge on any atom is 0.133 e. The summed E-state index contributed by atoms with van der Waals surface area (Å²) in [4.78, 5) is 1.99. The molecule has 0 radical (unpaired) electrons. The van der Waals surface area contributed by atoms with E-state index in [2.05, 4.69) is 5.16 Å². The van der Waals surface area contributed by atoms with Gasteiger partial charge in [-0.3, -0.25) is 4.90 Å². The molecule has 0 aliphatic rings. The minimum atomic E-state index is -0.476. The Hall–Kier alpha value is -0.910. The van der Waals surface area contributed by atoms with Crippen LogP contribution >= 0.6 is 0 Å². The van der Waals surface area contributed by atoms with E-state index in [1.54, 1.807) is 0 Å². The standard InChI is InChI=1S/C12H22N2O3/c1-9(2)16-8-12(15)7-14(4)6-11-5-10(3)17-13-11/h5,9,12,15H,6-8H2,1-4H3/t12-/m0/s1. The number of likely N-dealkylation sites (N-methyl/N-ethyl adjacent to an activating group) is 1. The lowest BCUT2D eigenvalue weighted by Gasteiger charge is -2.20. The van der Waals surface area contributed by atoms with Gasteiger partial charge in [0.2, 0.25) is 0 Å². The average Bonchev–Trinajstić information content (AvgIpc) is 2.60. The summed E-state index contributed by atoms with van der Waals surface area (Å²) in [6.07, 6.45) is -0.330. The molecule has 0 aromatic carbocycles. The highest BCUT2D eigenvalue weighted by atomic mass is 16.5. The maximum absolute atomic E-state index is 9.74. The predicted molar refractivity (Wildman–Crippen MR) is 64.7 cm³/mol. The molecule has 5 heteroatoms. The number of aliphatic hydroxyl groups excluding tert-OH is 1. The highest BCUT2D eigenvalue weighted by Crippen LogP contribution is 2.05.